The van der Waals surface area contributed by atoms with E-state index in [0.29, 0.717) is 12.1 Å². The largest absolute Gasteiger partial charge is 0.327 e. The minimum absolute atomic E-state index is 0.192. The summed E-state index contributed by atoms with van der Waals surface area (Å²) < 4.78 is 12.4. The van der Waals surface area contributed by atoms with E-state index in [1.807, 2.05) is 0 Å². The fourth-order valence-electron chi connectivity index (χ4n) is 0.670. The van der Waals surface area contributed by atoms with E-state index in [0.717, 1.165) is 6.07 Å². The van der Waals surface area contributed by atoms with E-state index < -0.39 is 5.82 Å². The van der Waals surface area contributed by atoms with Crippen molar-refractivity contribution in [3.05, 3.63) is 29.0 Å². The van der Waals surface area contributed by atoms with E-state index in [4.69, 9.17) is 11.6 Å². The summed E-state index contributed by atoms with van der Waals surface area (Å²) in [6.07, 6.45) is 0.485. The molecule has 0 aliphatic rings. The number of rotatable bonds is 2. The topological polar surface area (TPSA) is 29.1 Å². The highest BCUT2D eigenvalue weighted by Gasteiger charge is 1.98. The Kier molecular flexibility index (Phi) is 2.44. The molecule has 0 saturated carbocycles. The zero-order chi connectivity index (χ0) is 8.27. The van der Waals surface area contributed by atoms with Crippen molar-refractivity contribution in [2.75, 3.05) is 5.32 Å². The third-order valence-corrected chi connectivity index (χ3v) is 1.46. The van der Waals surface area contributed by atoms with Crippen LogP contribution in [0.3, 0.4) is 0 Å². The summed E-state index contributed by atoms with van der Waals surface area (Å²) in [4.78, 5) is 9.95. The van der Waals surface area contributed by atoms with Crippen LogP contribution in [0.15, 0.2) is 18.2 Å². The van der Waals surface area contributed by atoms with Crippen molar-refractivity contribution in [2.45, 2.75) is 0 Å². The van der Waals surface area contributed by atoms with E-state index >= 15 is 0 Å². The van der Waals surface area contributed by atoms with E-state index in [2.05, 4.69) is 5.32 Å². The summed E-state index contributed by atoms with van der Waals surface area (Å²) in [6.45, 7) is 0. The second kappa shape index (κ2) is 3.34. The number of carbonyl (C=O) groups excluding carboxylic acids is 1. The van der Waals surface area contributed by atoms with Gasteiger partial charge >= 0.3 is 0 Å². The van der Waals surface area contributed by atoms with Gasteiger partial charge in [0.1, 0.15) is 5.82 Å². The molecule has 0 heterocycles. The molecule has 1 N–H and O–H groups in total. The van der Waals surface area contributed by atoms with E-state index in [1.165, 1.54) is 12.1 Å². The highest BCUT2D eigenvalue weighted by molar-refractivity contribution is 6.33. The van der Waals surface area contributed by atoms with Crippen LogP contribution < -0.4 is 5.32 Å². The average molecular weight is 174 g/mol. The van der Waals surface area contributed by atoms with Crippen molar-refractivity contribution in [3.8, 4) is 0 Å². The second-order valence-corrected chi connectivity index (χ2v) is 2.29. The smallest absolute Gasteiger partial charge is 0.211 e. The summed E-state index contributed by atoms with van der Waals surface area (Å²) >= 11 is 5.55. The monoisotopic (exact) mass is 173 g/mol. The molecule has 1 aromatic rings. The summed E-state index contributed by atoms with van der Waals surface area (Å²) in [5.41, 5.74) is 0.406. The van der Waals surface area contributed by atoms with Gasteiger partial charge in [0.2, 0.25) is 6.41 Å². The third-order valence-electron chi connectivity index (χ3n) is 1.15. The maximum absolute atomic E-state index is 12.4. The molecule has 11 heavy (non-hydrogen) atoms. The van der Waals surface area contributed by atoms with Crippen LogP contribution in [0, 0.1) is 5.82 Å². The predicted octanol–water partition coefficient (Wildman–Crippen LogP) is 2.05. The second-order valence-electron chi connectivity index (χ2n) is 1.89. The van der Waals surface area contributed by atoms with E-state index in [1.54, 1.807) is 0 Å². The normalized spacial score (nSPS) is 9.27. The lowest BCUT2D eigenvalue weighted by molar-refractivity contribution is -0.105. The Bertz CT molecular complexity index is 277. The van der Waals surface area contributed by atoms with Gasteiger partial charge in [-0.25, -0.2) is 4.39 Å². The maximum atomic E-state index is 12.4. The number of hydrogen-bond acceptors (Lipinski definition) is 1. The minimum atomic E-state index is -0.425. The lowest BCUT2D eigenvalue weighted by Gasteiger charge is -1.99. The highest BCUT2D eigenvalue weighted by Crippen LogP contribution is 2.21. The van der Waals surface area contributed by atoms with Gasteiger partial charge in [-0.05, 0) is 18.2 Å². The van der Waals surface area contributed by atoms with Gasteiger partial charge in [0.25, 0.3) is 0 Å². The molecule has 2 nitrogen and oxygen atoms in total. The van der Waals surface area contributed by atoms with Gasteiger partial charge in [0.05, 0.1) is 10.7 Å². The first-order valence-corrected chi connectivity index (χ1v) is 3.27. The van der Waals surface area contributed by atoms with Crippen LogP contribution in [-0.4, -0.2) is 6.41 Å². The molecular formula is C7H5ClFNO. The molecule has 1 rings (SSSR count). The molecule has 0 atom stereocenters. The molecule has 0 aliphatic heterocycles. The molecule has 0 saturated heterocycles. The molecule has 0 aliphatic carbocycles. The molecule has 0 fully saturated rings. The van der Waals surface area contributed by atoms with Gasteiger partial charge in [-0.1, -0.05) is 11.6 Å². The lowest BCUT2D eigenvalue weighted by Crippen LogP contribution is -1.94. The number of halogens is 2. The molecular weight excluding hydrogens is 169 g/mol. The Labute approximate surface area is 68.0 Å². The Hall–Kier alpha value is -1.09. The first kappa shape index (κ1) is 8.01. The quantitative estimate of drug-likeness (QED) is 0.682. The molecule has 0 bridgehead atoms. The fraction of sp³-hybridized carbons (Fsp3) is 0. The van der Waals surface area contributed by atoms with Gasteiger partial charge in [-0.3, -0.25) is 4.79 Å². The molecule has 1 amide bonds. The summed E-state index contributed by atoms with van der Waals surface area (Å²) in [5, 5.41) is 2.52. The zero-order valence-corrected chi connectivity index (χ0v) is 6.23. The molecule has 58 valence electrons. The van der Waals surface area contributed by atoms with Crippen LogP contribution in [0.25, 0.3) is 0 Å². The van der Waals surface area contributed by atoms with Crippen LogP contribution in [-0.2, 0) is 4.79 Å². The first-order valence-electron chi connectivity index (χ1n) is 2.89. The van der Waals surface area contributed by atoms with Crippen LogP contribution >= 0.6 is 11.6 Å². The van der Waals surface area contributed by atoms with Gasteiger partial charge in [-0.2, -0.15) is 0 Å². The Morgan fingerprint density at radius 2 is 2.27 bits per heavy atom. The number of anilines is 1. The average Bonchev–Trinajstić information content (AvgIpc) is 1.95. The molecule has 1 aromatic carbocycles. The third kappa shape index (κ3) is 1.91. The number of nitrogens with one attached hydrogen (secondary N) is 1. The Balaban J connectivity index is 2.98. The fourth-order valence-corrected chi connectivity index (χ4v) is 0.892. The van der Waals surface area contributed by atoms with Crippen LogP contribution in [0.2, 0.25) is 5.02 Å². The van der Waals surface area contributed by atoms with Crippen molar-refractivity contribution in [3.63, 3.8) is 0 Å². The van der Waals surface area contributed by atoms with E-state index in [9.17, 15) is 9.18 Å². The molecule has 4 heteroatoms. The van der Waals surface area contributed by atoms with Crippen molar-refractivity contribution in [2.24, 2.45) is 0 Å². The highest BCUT2D eigenvalue weighted by atomic mass is 35.5. The molecule has 0 unspecified atom stereocenters. The number of carbonyl (C=O) groups is 1. The van der Waals surface area contributed by atoms with Gasteiger partial charge in [0.15, 0.2) is 0 Å². The number of benzene rings is 1. The Morgan fingerprint density at radius 3 is 2.82 bits per heavy atom. The van der Waals surface area contributed by atoms with Crippen LogP contribution in [0.1, 0.15) is 0 Å². The van der Waals surface area contributed by atoms with Crippen molar-refractivity contribution < 1.29 is 9.18 Å². The van der Waals surface area contributed by atoms with Crippen molar-refractivity contribution >= 4 is 23.7 Å². The standard InChI is InChI=1S/C7H5ClFNO/c8-6-3-5(9)1-2-7(6)10-4-11/h1-4H,(H,10,11). The Morgan fingerprint density at radius 1 is 1.55 bits per heavy atom. The van der Waals surface area contributed by atoms with E-state index in [-0.39, 0.29) is 5.02 Å². The lowest BCUT2D eigenvalue weighted by atomic mass is 10.3. The molecule has 0 aromatic heterocycles. The number of amides is 1. The predicted molar refractivity (Wildman–Crippen MR) is 41.1 cm³/mol. The number of hydrogen-bond donors (Lipinski definition) is 1. The first-order chi connectivity index (χ1) is 5.24. The summed E-state index contributed by atoms with van der Waals surface area (Å²) in [5.74, 6) is -0.425. The van der Waals surface area contributed by atoms with Crippen LogP contribution in [0.5, 0.6) is 0 Å². The SMILES string of the molecule is O=CNc1ccc(F)cc1Cl. The summed E-state index contributed by atoms with van der Waals surface area (Å²) in [6, 6.07) is 3.75. The molecule has 0 spiro atoms. The minimum Gasteiger partial charge on any atom is -0.327 e. The van der Waals surface area contributed by atoms with Gasteiger partial charge in [-0.15, -0.1) is 0 Å². The summed E-state index contributed by atoms with van der Waals surface area (Å²) in [7, 11) is 0. The van der Waals surface area contributed by atoms with Crippen molar-refractivity contribution in [1.82, 2.24) is 0 Å². The van der Waals surface area contributed by atoms with Gasteiger partial charge < -0.3 is 5.32 Å². The zero-order valence-electron chi connectivity index (χ0n) is 5.47. The molecule has 0 radical (unpaired) electrons. The maximum Gasteiger partial charge on any atom is 0.211 e. The van der Waals surface area contributed by atoms with Gasteiger partial charge in [0, 0.05) is 0 Å². The van der Waals surface area contributed by atoms with Crippen molar-refractivity contribution in [1.29, 1.82) is 0 Å². The van der Waals surface area contributed by atoms with Crippen LogP contribution in [0.4, 0.5) is 10.1 Å².